The number of nitrogens with one attached hydrogen (secondary N) is 2. The van der Waals surface area contributed by atoms with Crippen LogP contribution in [0.4, 0.5) is 0 Å². The van der Waals surface area contributed by atoms with Crippen molar-refractivity contribution in [3.8, 4) is 0 Å². The molecule has 0 unspecified atom stereocenters. The second-order valence-electron chi connectivity index (χ2n) is 11.6. The zero-order chi connectivity index (χ0) is 22.1. The minimum atomic E-state index is -0.515. The summed E-state index contributed by atoms with van der Waals surface area (Å²) in [5.41, 5.74) is 0.0417. The van der Waals surface area contributed by atoms with E-state index in [9.17, 15) is 14.7 Å². The number of hydrogen-bond donors (Lipinski definition) is 3. The molecule has 0 aromatic rings. The highest BCUT2D eigenvalue weighted by molar-refractivity contribution is 5.79. The fourth-order valence-corrected chi connectivity index (χ4v) is 5.85. The SMILES string of the molecule is CC(C)NC(=O)[C@@H](C)[C@@H]1CC[C@@]2(C)CC[C@H](NC(=O)CC(C)(C)C)[C@@H](C)[C@@H]2[C@H]1O. The van der Waals surface area contributed by atoms with Gasteiger partial charge in [-0.1, -0.05) is 41.5 Å². The Kier molecular flexibility index (Phi) is 7.46. The van der Waals surface area contributed by atoms with E-state index in [-0.39, 0.29) is 58.4 Å². The van der Waals surface area contributed by atoms with Gasteiger partial charge in [0.15, 0.2) is 0 Å². The second kappa shape index (κ2) is 8.95. The van der Waals surface area contributed by atoms with Gasteiger partial charge in [0, 0.05) is 24.4 Å². The molecule has 2 saturated carbocycles. The molecule has 168 valence electrons. The van der Waals surface area contributed by atoms with Crippen molar-refractivity contribution in [3.05, 3.63) is 0 Å². The molecule has 0 bridgehead atoms. The van der Waals surface area contributed by atoms with Crippen LogP contribution in [0.3, 0.4) is 0 Å². The number of aliphatic hydroxyl groups is 1. The monoisotopic (exact) mass is 408 g/mol. The summed E-state index contributed by atoms with van der Waals surface area (Å²) in [4.78, 5) is 25.1. The number of amides is 2. The number of hydrogen-bond acceptors (Lipinski definition) is 3. The lowest BCUT2D eigenvalue weighted by molar-refractivity contribution is -0.144. The van der Waals surface area contributed by atoms with Crippen molar-refractivity contribution in [3.63, 3.8) is 0 Å². The first-order valence-corrected chi connectivity index (χ1v) is 11.5. The third-order valence-corrected chi connectivity index (χ3v) is 7.41. The average Bonchev–Trinajstić information content (AvgIpc) is 2.55. The van der Waals surface area contributed by atoms with E-state index in [1.807, 2.05) is 20.8 Å². The van der Waals surface area contributed by atoms with Crippen LogP contribution >= 0.6 is 0 Å². The van der Waals surface area contributed by atoms with Gasteiger partial charge in [0.1, 0.15) is 0 Å². The summed E-state index contributed by atoms with van der Waals surface area (Å²) in [6.07, 6.45) is 3.89. The van der Waals surface area contributed by atoms with E-state index in [0.29, 0.717) is 6.42 Å². The van der Waals surface area contributed by atoms with Crippen LogP contribution in [0.5, 0.6) is 0 Å². The average molecular weight is 409 g/mol. The highest BCUT2D eigenvalue weighted by Crippen LogP contribution is 2.55. The Morgan fingerprint density at radius 1 is 1.14 bits per heavy atom. The van der Waals surface area contributed by atoms with Crippen molar-refractivity contribution in [2.24, 2.45) is 34.5 Å². The normalized spacial score (nSPS) is 36.3. The molecule has 0 aromatic heterocycles. The molecule has 0 saturated heterocycles. The summed E-state index contributed by atoms with van der Waals surface area (Å²) in [5.74, 6) is 0.189. The van der Waals surface area contributed by atoms with Crippen molar-refractivity contribution in [1.82, 2.24) is 10.6 Å². The van der Waals surface area contributed by atoms with Crippen LogP contribution in [-0.4, -0.2) is 35.1 Å². The topological polar surface area (TPSA) is 78.4 Å². The molecule has 2 aliphatic rings. The molecule has 3 N–H and O–H groups in total. The predicted octanol–water partition coefficient (Wildman–Crippen LogP) is 3.89. The zero-order valence-corrected chi connectivity index (χ0v) is 19.8. The highest BCUT2D eigenvalue weighted by Gasteiger charge is 2.53. The van der Waals surface area contributed by atoms with Crippen LogP contribution in [0, 0.1) is 34.5 Å². The van der Waals surface area contributed by atoms with Crippen LogP contribution in [0.1, 0.15) is 87.5 Å². The molecule has 5 heteroatoms. The van der Waals surface area contributed by atoms with Gasteiger partial charge in [0.05, 0.1) is 6.10 Å². The molecule has 0 aliphatic heterocycles. The van der Waals surface area contributed by atoms with Crippen LogP contribution in [0.2, 0.25) is 0 Å². The fraction of sp³-hybridized carbons (Fsp3) is 0.917. The molecule has 0 heterocycles. The van der Waals surface area contributed by atoms with Gasteiger partial charge in [0.25, 0.3) is 0 Å². The van der Waals surface area contributed by atoms with Gasteiger partial charge in [-0.3, -0.25) is 9.59 Å². The van der Waals surface area contributed by atoms with Gasteiger partial charge < -0.3 is 15.7 Å². The van der Waals surface area contributed by atoms with Gasteiger partial charge >= 0.3 is 0 Å². The number of rotatable bonds is 5. The van der Waals surface area contributed by atoms with Gasteiger partial charge in [0.2, 0.25) is 11.8 Å². The molecule has 0 radical (unpaired) electrons. The van der Waals surface area contributed by atoms with Crippen LogP contribution < -0.4 is 10.6 Å². The maximum Gasteiger partial charge on any atom is 0.223 e. The molecule has 7 atom stereocenters. The summed E-state index contributed by atoms with van der Waals surface area (Å²) < 4.78 is 0. The molecule has 29 heavy (non-hydrogen) atoms. The van der Waals surface area contributed by atoms with E-state index in [1.165, 1.54) is 0 Å². The van der Waals surface area contributed by atoms with E-state index in [0.717, 1.165) is 25.7 Å². The van der Waals surface area contributed by atoms with Gasteiger partial charge in [-0.2, -0.15) is 0 Å². The number of carbonyl (C=O) groups excluding carboxylic acids is 2. The number of aliphatic hydroxyl groups excluding tert-OH is 1. The van der Waals surface area contributed by atoms with Crippen molar-refractivity contribution >= 4 is 11.8 Å². The van der Waals surface area contributed by atoms with Crippen LogP contribution in [0.25, 0.3) is 0 Å². The Morgan fingerprint density at radius 2 is 1.72 bits per heavy atom. The molecule has 0 spiro atoms. The van der Waals surface area contributed by atoms with Gasteiger partial charge in [-0.25, -0.2) is 0 Å². The van der Waals surface area contributed by atoms with Gasteiger partial charge in [-0.15, -0.1) is 0 Å². The largest absolute Gasteiger partial charge is 0.392 e. The molecule has 2 aliphatic carbocycles. The minimum Gasteiger partial charge on any atom is -0.392 e. The zero-order valence-electron chi connectivity index (χ0n) is 19.8. The van der Waals surface area contributed by atoms with E-state index in [1.54, 1.807) is 0 Å². The molecule has 0 aromatic carbocycles. The third kappa shape index (κ3) is 5.74. The van der Waals surface area contributed by atoms with Crippen LogP contribution in [-0.2, 0) is 9.59 Å². The Hall–Kier alpha value is -1.10. The Morgan fingerprint density at radius 3 is 2.28 bits per heavy atom. The Balaban J connectivity index is 2.13. The Bertz CT molecular complexity index is 597. The number of carbonyl (C=O) groups is 2. The van der Waals surface area contributed by atoms with Crippen molar-refractivity contribution in [1.29, 1.82) is 0 Å². The molecular weight excluding hydrogens is 364 g/mol. The summed E-state index contributed by atoms with van der Waals surface area (Å²) in [5, 5.41) is 17.7. The van der Waals surface area contributed by atoms with Crippen LogP contribution in [0.15, 0.2) is 0 Å². The summed E-state index contributed by atoms with van der Waals surface area (Å²) in [6.45, 7) is 16.6. The summed E-state index contributed by atoms with van der Waals surface area (Å²) >= 11 is 0. The van der Waals surface area contributed by atoms with Gasteiger partial charge in [-0.05, 0) is 68.1 Å². The summed E-state index contributed by atoms with van der Waals surface area (Å²) in [7, 11) is 0. The second-order valence-corrected chi connectivity index (χ2v) is 11.6. The first-order valence-electron chi connectivity index (χ1n) is 11.5. The lowest BCUT2D eigenvalue weighted by atomic mass is 9.51. The first kappa shape index (κ1) is 24.2. The minimum absolute atomic E-state index is 0.0294. The molecule has 2 rings (SSSR count). The van der Waals surface area contributed by atoms with Crippen molar-refractivity contribution in [2.75, 3.05) is 0 Å². The maximum atomic E-state index is 12.6. The van der Waals surface area contributed by atoms with E-state index in [2.05, 4.69) is 45.3 Å². The standard InChI is InChI=1S/C24H44N2O3/c1-14(2)25-22(29)15(3)17-9-11-24(8)12-10-18(16(4)20(24)21(17)28)26-19(27)13-23(5,6)7/h14-18,20-21,28H,9-13H2,1-8H3,(H,25,29)(H,26,27)/t15-,16+,17-,18-,20+,21-,24-/m0/s1. The third-order valence-electron chi connectivity index (χ3n) is 7.41. The maximum absolute atomic E-state index is 12.6. The van der Waals surface area contributed by atoms with E-state index in [4.69, 9.17) is 0 Å². The van der Waals surface area contributed by atoms with E-state index < -0.39 is 6.10 Å². The summed E-state index contributed by atoms with van der Waals surface area (Å²) in [6, 6.07) is 0.197. The van der Waals surface area contributed by atoms with Crippen molar-refractivity contribution < 1.29 is 14.7 Å². The predicted molar refractivity (Wildman–Crippen MR) is 117 cm³/mol. The molecular formula is C24H44N2O3. The van der Waals surface area contributed by atoms with Crippen molar-refractivity contribution in [2.45, 2.75) is 106 Å². The molecule has 2 amide bonds. The molecule has 5 nitrogen and oxygen atoms in total. The lowest BCUT2D eigenvalue weighted by Gasteiger charge is -2.56. The lowest BCUT2D eigenvalue weighted by Crippen LogP contribution is -2.58. The fourth-order valence-electron chi connectivity index (χ4n) is 5.85. The first-order chi connectivity index (χ1) is 13.2. The highest BCUT2D eigenvalue weighted by atomic mass is 16.3. The smallest absolute Gasteiger partial charge is 0.223 e. The Labute approximate surface area is 177 Å². The molecule has 2 fully saturated rings. The quantitative estimate of drug-likeness (QED) is 0.646. The number of fused-ring (bicyclic) bond motifs is 1. The van der Waals surface area contributed by atoms with E-state index >= 15 is 0 Å².